The number of rotatable bonds is 5. The number of non-ortho nitro benzene ring substituents is 1. The zero-order valence-electron chi connectivity index (χ0n) is 13.7. The van der Waals surface area contributed by atoms with Crippen LogP contribution < -0.4 is 0 Å². The smallest absolute Gasteiger partial charge is 0.410 e. The van der Waals surface area contributed by atoms with Crippen LogP contribution in [0.5, 0.6) is 0 Å². The third-order valence-corrected chi connectivity index (χ3v) is 3.94. The molecule has 8 heteroatoms. The van der Waals surface area contributed by atoms with Gasteiger partial charge in [-0.15, -0.1) is 0 Å². The van der Waals surface area contributed by atoms with Crippen molar-refractivity contribution in [2.24, 2.45) is 0 Å². The fourth-order valence-corrected chi connectivity index (χ4v) is 2.73. The highest BCUT2D eigenvalue weighted by Gasteiger charge is 2.36. The minimum atomic E-state index is -0.508. The highest BCUT2D eigenvalue weighted by Crippen LogP contribution is 2.20. The van der Waals surface area contributed by atoms with E-state index in [1.165, 1.54) is 17.0 Å². The predicted octanol–water partition coefficient (Wildman–Crippen LogP) is 2.75. The largest absolute Gasteiger partial charge is 0.445 e. The third-order valence-electron chi connectivity index (χ3n) is 3.94. The van der Waals surface area contributed by atoms with Gasteiger partial charge in [0.15, 0.2) is 0 Å². The van der Waals surface area contributed by atoms with E-state index in [9.17, 15) is 14.9 Å². The Balaban J connectivity index is 2.00. The molecule has 0 aromatic heterocycles. The molecule has 1 aliphatic rings. The van der Waals surface area contributed by atoms with Gasteiger partial charge in [-0.3, -0.25) is 15.0 Å². The van der Waals surface area contributed by atoms with E-state index >= 15 is 0 Å². The highest BCUT2D eigenvalue weighted by atomic mass is 16.6. The first-order valence-electron chi connectivity index (χ1n) is 7.77. The number of hydrogen-bond acceptors (Lipinski definition) is 6. The Kier molecular flexibility index (Phi) is 5.86. The average Bonchev–Trinajstić information content (AvgIpc) is 2.59. The molecular formula is C16H21N3O5. The number of morpholine rings is 1. The molecule has 1 heterocycles. The summed E-state index contributed by atoms with van der Waals surface area (Å²) in [5.74, 6) is 0. The molecule has 130 valence electrons. The Bertz CT molecular complexity index is 617. The van der Waals surface area contributed by atoms with Crippen molar-refractivity contribution < 1.29 is 19.2 Å². The van der Waals surface area contributed by atoms with Crippen LogP contribution >= 0.6 is 0 Å². The predicted molar refractivity (Wildman–Crippen MR) is 87.2 cm³/mol. The summed E-state index contributed by atoms with van der Waals surface area (Å²) in [5, 5.41) is 18.5. The second kappa shape index (κ2) is 7.87. The Labute approximate surface area is 140 Å². The summed E-state index contributed by atoms with van der Waals surface area (Å²) in [5.41, 5.74) is 1.01. The molecule has 1 aliphatic heterocycles. The standard InChI is InChI=1S/C16H21N3O5/c1-3-14-15(11(2)17)18(8-9-23-14)16(20)24-10-12-4-6-13(7-5-12)19(21)22/h4-7,14-15,17H,3,8-10H2,1-2H3. The minimum absolute atomic E-state index is 0.0106. The molecule has 1 saturated heterocycles. The SMILES string of the molecule is CCC1OCCN(C(=O)OCc2ccc([N+](=O)[O-])cc2)C1C(C)=N. The van der Waals surface area contributed by atoms with E-state index in [-0.39, 0.29) is 18.4 Å². The summed E-state index contributed by atoms with van der Waals surface area (Å²) in [4.78, 5) is 24.0. The minimum Gasteiger partial charge on any atom is -0.445 e. The number of nitrogens with one attached hydrogen (secondary N) is 1. The molecule has 1 N–H and O–H groups in total. The summed E-state index contributed by atoms with van der Waals surface area (Å²) in [6.45, 7) is 4.41. The molecule has 0 saturated carbocycles. The lowest BCUT2D eigenvalue weighted by Crippen LogP contribution is -2.56. The molecular weight excluding hydrogens is 314 g/mol. The zero-order chi connectivity index (χ0) is 17.7. The molecule has 0 bridgehead atoms. The summed E-state index contributed by atoms with van der Waals surface area (Å²) < 4.78 is 10.9. The van der Waals surface area contributed by atoms with Gasteiger partial charge in [0.2, 0.25) is 0 Å². The maximum Gasteiger partial charge on any atom is 0.410 e. The molecule has 1 fully saturated rings. The molecule has 2 unspecified atom stereocenters. The highest BCUT2D eigenvalue weighted by molar-refractivity contribution is 5.88. The monoisotopic (exact) mass is 335 g/mol. The number of nitro groups is 1. The zero-order valence-corrected chi connectivity index (χ0v) is 13.7. The summed E-state index contributed by atoms with van der Waals surface area (Å²) in [6, 6.07) is 5.43. The van der Waals surface area contributed by atoms with Gasteiger partial charge in [0.05, 0.1) is 23.7 Å². The molecule has 0 aliphatic carbocycles. The van der Waals surface area contributed by atoms with Gasteiger partial charge in [-0.25, -0.2) is 4.79 Å². The first-order valence-corrected chi connectivity index (χ1v) is 7.77. The van der Waals surface area contributed by atoms with Crippen molar-refractivity contribution in [1.82, 2.24) is 4.90 Å². The number of carbonyl (C=O) groups excluding carboxylic acids is 1. The Morgan fingerprint density at radius 3 is 2.67 bits per heavy atom. The number of nitrogens with zero attached hydrogens (tertiary/aromatic N) is 2. The van der Waals surface area contributed by atoms with Crippen LogP contribution in [-0.2, 0) is 16.1 Å². The molecule has 2 rings (SSSR count). The van der Waals surface area contributed by atoms with Crippen LogP contribution in [-0.4, -0.2) is 46.9 Å². The summed E-state index contributed by atoms with van der Waals surface area (Å²) in [7, 11) is 0. The lowest BCUT2D eigenvalue weighted by Gasteiger charge is -2.39. The van der Waals surface area contributed by atoms with Gasteiger partial charge in [0, 0.05) is 24.4 Å². The fraction of sp³-hybridized carbons (Fsp3) is 0.500. The number of amides is 1. The van der Waals surface area contributed by atoms with E-state index in [1.54, 1.807) is 19.1 Å². The van der Waals surface area contributed by atoms with Gasteiger partial charge < -0.3 is 14.9 Å². The number of hydrogen-bond donors (Lipinski definition) is 1. The Morgan fingerprint density at radius 1 is 1.46 bits per heavy atom. The topological polar surface area (TPSA) is 106 Å². The normalized spacial score (nSPS) is 20.5. The van der Waals surface area contributed by atoms with Crippen LogP contribution in [0.15, 0.2) is 24.3 Å². The lowest BCUT2D eigenvalue weighted by atomic mass is 10.0. The molecule has 8 nitrogen and oxygen atoms in total. The van der Waals surface area contributed by atoms with Crippen LogP contribution in [0.2, 0.25) is 0 Å². The number of ether oxygens (including phenoxy) is 2. The van der Waals surface area contributed by atoms with E-state index in [2.05, 4.69) is 0 Å². The summed E-state index contributed by atoms with van der Waals surface area (Å²) >= 11 is 0. The number of carbonyl (C=O) groups is 1. The van der Waals surface area contributed by atoms with E-state index < -0.39 is 17.1 Å². The Morgan fingerprint density at radius 2 is 2.12 bits per heavy atom. The molecule has 1 aromatic carbocycles. The molecule has 24 heavy (non-hydrogen) atoms. The van der Waals surface area contributed by atoms with E-state index in [0.717, 1.165) is 0 Å². The van der Waals surface area contributed by atoms with Crippen LogP contribution in [0.4, 0.5) is 10.5 Å². The maximum atomic E-state index is 12.4. The van der Waals surface area contributed by atoms with E-state index in [0.29, 0.717) is 30.8 Å². The quantitative estimate of drug-likeness (QED) is 0.506. The van der Waals surface area contributed by atoms with Crippen LogP contribution in [0.1, 0.15) is 25.8 Å². The van der Waals surface area contributed by atoms with Crippen molar-refractivity contribution in [3.8, 4) is 0 Å². The fourth-order valence-electron chi connectivity index (χ4n) is 2.73. The van der Waals surface area contributed by atoms with Crippen molar-refractivity contribution in [1.29, 1.82) is 5.41 Å². The van der Waals surface area contributed by atoms with Crippen molar-refractivity contribution >= 4 is 17.5 Å². The van der Waals surface area contributed by atoms with Crippen molar-refractivity contribution in [2.45, 2.75) is 39.0 Å². The van der Waals surface area contributed by atoms with Gasteiger partial charge in [0.25, 0.3) is 5.69 Å². The number of nitro benzene ring substituents is 1. The maximum absolute atomic E-state index is 12.4. The van der Waals surface area contributed by atoms with Gasteiger partial charge in [-0.1, -0.05) is 6.92 Å². The second-order valence-corrected chi connectivity index (χ2v) is 5.62. The second-order valence-electron chi connectivity index (χ2n) is 5.62. The van der Waals surface area contributed by atoms with Crippen molar-refractivity contribution in [3.63, 3.8) is 0 Å². The number of benzene rings is 1. The molecule has 0 radical (unpaired) electrons. The van der Waals surface area contributed by atoms with Crippen molar-refractivity contribution in [2.75, 3.05) is 13.2 Å². The van der Waals surface area contributed by atoms with E-state index in [4.69, 9.17) is 14.9 Å². The molecule has 0 spiro atoms. The van der Waals surface area contributed by atoms with Gasteiger partial charge in [-0.05, 0) is 31.0 Å². The van der Waals surface area contributed by atoms with Crippen LogP contribution in [0, 0.1) is 15.5 Å². The Hall–Kier alpha value is -2.48. The average molecular weight is 335 g/mol. The molecule has 2 atom stereocenters. The molecule has 1 aromatic rings. The first kappa shape index (κ1) is 17.9. The van der Waals surface area contributed by atoms with E-state index in [1.807, 2.05) is 6.92 Å². The lowest BCUT2D eigenvalue weighted by molar-refractivity contribution is -0.384. The van der Waals surface area contributed by atoms with Crippen molar-refractivity contribution in [3.05, 3.63) is 39.9 Å². The van der Waals surface area contributed by atoms with Crippen LogP contribution in [0.25, 0.3) is 0 Å². The molecule has 1 amide bonds. The first-order chi connectivity index (χ1) is 11.4. The van der Waals surface area contributed by atoms with Gasteiger partial charge in [0.1, 0.15) is 6.61 Å². The van der Waals surface area contributed by atoms with Crippen LogP contribution in [0.3, 0.4) is 0 Å². The van der Waals surface area contributed by atoms with Gasteiger partial charge >= 0.3 is 6.09 Å². The van der Waals surface area contributed by atoms with Gasteiger partial charge in [-0.2, -0.15) is 0 Å². The third kappa shape index (κ3) is 4.08. The summed E-state index contributed by atoms with van der Waals surface area (Å²) in [6.07, 6.45) is -0.0117.